The van der Waals surface area contributed by atoms with E-state index in [0.717, 1.165) is 36.0 Å². The molecule has 0 unspecified atom stereocenters. The van der Waals surface area contributed by atoms with Gasteiger partial charge in [-0.05, 0) is 51.0 Å². The predicted molar refractivity (Wildman–Crippen MR) is 95.5 cm³/mol. The van der Waals surface area contributed by atoms with Gasteiger partial charge in [-0.2, -0.15) is 0 Å². The Kier molecular flexibility index (Phi) is 4.49. The number of anilines is 1. The molecule has 0 radical (unpaired) electrons. The van der Waals surface area contributed by atoms with Crippen LogP contribution in [0, 0.1) is 6.92 Å². The monoisotopic (exact) mass is 331 g/mol. The Balaban J connectivity index is 1.40. The Morgan fingerprint density at radius 3 is 2.91 bits per heavy atom. The Bertz CT molecular complexity index is 691. The molecule has 0 spiro atoms. The highest BCUT2D eigenvalue weighted by atomic mass is 32.1. The minimum absolute atomic E-state index is 0.517. The molecule has 2 heterocycles. The van der Waals surface area contributed by atoms with E-state index >= 15 is 0 Å². The lowest BCUT2D eigenvalue weighted by atomic mass is 10.2. The zero-order chi connectivity index (χ0) is 15.6. The molecule has 0 saturated heterocycles. The van der Waals surface area contributed by atoms with Crippen LogP contribution in [0.25, 0.3) is 10.2 Å². The summed E-state index contributed by atoms with van der Waals surface area (Å²) in [5.41, 5.74) is 1.50. The van der Waals surface area contributed by atoms with Crippen molar-refractivity contribution in [1.82, 2.24) is 9.97 Å². The quantitative estimate of drug-likeness (QED) is 0.804. The summed E-state index contributed by atoms with van der Waals surface area (Å²) in [6.07, 6.45) is 10.4. The SMILES string of the molecule is Cc1nc(NCCCOC2CCCC2)c2c3c(sc2n1)CCC3. The topological polar surface area (TPSA) is 47.0 Å². The lowest BCUT2D eigenvalue weighted by Gasteiger charge is -2.12. The van der Waals surface area contributed by atoms with Crippen LogP contribution >= 0.6 is 11.3 Å². The van der Waals surface area contributed by atoms with E-state index in [1.165, 1.54) is 60.8 Å². The van der Waals surface area contributed by atoms with Gasteiger partial charge in [0, 0.05) is 18.0 Å². The number of aryl methyl sites for hydroxylation is 3. The van der Waals surface area contributed by atoms with Crippen molar-refractivity contribution in [2.75, 3.05) is 18.5 Å². The second kappa shape index (κ2) is 6.73. The maximum Gasteiger partial charge on any atom is 0.138 e. The van der Waals surface area contributed by atoms with Crippen LogP contribution in [0.15, 0.2) is 0 Å². The van der Waals surface area contributed by atoms with Crippen molar-refractivity contribution in [1.29, 1.82) is 0 Å². The Morgan fingerprint density at radius 2 is 2.04 bits per heavy atom. The van der Waals surface area contributed by atoms with Crippen LogP contribution in [0.4, 0.5) is 5.82 Å². The average Bonchev–Trinajstić information content (AvgIpc) is 3.22. The molecular weight excluding hydrogens is 306 g/mol. The molecule has 1 fully saturated rings. The molecule has 0 bridgehead atoms. The summed E-state index contributed by atoms with van der Waals surface area (Å²) in [6.45, 7) is 3.76. The van der Waals surface area contributed by atoms with Gasteiger partial charge >= 0.3 is 0 Å². The molecule has 2 aromatic heterocycles. The third-order valence-corrected chi connectivity index (χ3v) is 6.13. The first-order chi connectivity index (χ1) is 11.3. The number of nitrogens with zero attached hydrogens (tertiary/aromatic N) is 2. The molecule has 23 heavy (non-hydrogen) atoms. The Morgan fingerprint density at radius 1 is 1.17 bits per heavy atom. The van der Waals surface area contributed by atoms with Gasteiger partial charge in [0.05, 0.1) is 11.5 Å². The van der Waals surface area contributed by atoms with Crippen LogP contribution in [0.2, 0.25) is 0 Å². The maximum absolute atomic E-state index is 5.94. The summed E-state index contributed by atoms with van der Waals surface area (Å²) >= 11 is 1.86. The van der Waals surface area contributed by atoms with E-state index in [1.807, 2.05) is 18.3 Å². The van der Waals surface area contributed by atoms with Crippen molar-refractivity contribution in [3.05, 3.63) is 16.3 Å². The first kappa shape index (κ1) is 15.3. The molecule has 0 aliphatic heterocycles. The van der Waals surface area contributed by atoms with Crippen molar-refractivity contribution in [2.45, 2.75) is 64.4 Å². The van der Waals surface area contributed by atoms with Gasteiger partial charge in [-0.25, -0.2) is 9.97 Å². The highest BCUT2D eigenvalue weighted by molar-refractivity contribution is 7.19. The van der Waals surface area contributed by atoms with Crippen molar-refractivity contribution in [2.24, 2.45) is 0 Å². The minimum Gasteiger partial charge on any atom is -0.378 e. The van der Waals surface area contributed by atoms with Crippen molar-refractivity contribution in [3.63, 3.8) is 0 Å². The van der Waals surface area contributed by atoms with Crippen LogP contribution in [0.1, 0.15) is 54.8 Å². The predicted octanol–water partition coefficient (Wildman–Crippen LogP) is 4.25. The molecule has 2 aliphatic rings. The number of hydrogen-bond acceptors (Lipinski definition) is 5. The van der Waals surface area contributed by atoms with E-state index in [4.69, 9.17) is 4.74 Å². The maximum atomic E-state index is 5.94. The largest absolute Gasteiger partial charge is 0.378 e. The van der Waals surface area contributed by atoms with Crippen molar-refractivity contribution < 1.29 is 4.74 Å². The van der Waals surface area contributed by atoms with E-state index in [-0.39, 0.29) is 0 Å². The number of rotatable bonds is 6. The molecule has 5 heteroatoms. The lowest BCUT2D eigenvalue weighted by molar-refractivity contribution is 0.0583. The highest BCUT2D eigenvalue weighted by Gasteiger charge is 2.21. The normalized spacial score (nSPS) is 18.0. The number of hydrogen-bond donors (Lipinski definition) is 1. The zero-order valence-electron chi connectivity index (χ0n) is 13.9. The second-order valence-electron chi connectivity index (χ2n) is 6.71. The summed E-state index contributed by atoms with van der Waals surface area (Å²) in [5.74, 6) is 1.90. The van der Waals surface area contributed by atoms with Crippen molar-refractivity contribution in [3.8, 4) is 0 Å². The number of aromatic nitrogens is 2. The van der Waals surface area contributed by atoms with Crippen LogP contribution in [0.5, 0.6) is 0 Å². The third kappa shape index (κ3) is 3.22. The van der Waals surface area contributed by atoms with Crippen LogP contribution in [-0.4, -0.2) is 29.2 Å². The van der Waals surface area contributed by atoms with Gasteiger partial charge in [0.15, 0.2) is 0 Å². The van der Waals surface area contributed by atoms with E-state index in [0.29, 0.717) is 6.10 Å². The molecular formula is C18H25N3OS. The third-order valence-electron chi connectivity index (χ3n) is 4.95. The molecule has 4 rings (SSSR count). The van der Waals surface area contributed by atoms with Crippen LogP contribution in [-0.2, 0) is 17.6 Å². The first-order valence-electron chi connectivity index (χ1n) is 8.95. The van der Waals surface area contributed by atoms with Gasteiger partial charge in [0.2, 0.25) is 0 Å². The number of fused-ring (bicyclic) bond motifs is 3. The Hall–Kier alpha value is -1.20. The molecule has 4 nitrogen and oxygen atoms in total. The molecule has 2 aliphatic carbocycles. The van der Waals surface area contributed by atoms with Gasteiger partial charge in [-0.3, -0.25) is 0 Å². The zero-order valence-corrected chi connectivity index (χ0v) is 14.7. The fraction of sp³-hybridized carbons (Fsp3) is 0.667. The van der Waals surface area contributed by atoms with E-state index in [1.54, 1.807) is 0 Å². The molecule has 1 N–H and O–H groups in total. The first-order valence-corrected chi connectivity index (χ1v) is 9.77. The van der Waals surface area contributed by atoms with Crippen LogP contribution in [0.3, 0.4) is 0 Å². The minimum atomic E-state index is 0.517. The van der Waals surface area contributed by atoms with E-state index < -0.39 is 0 Å². The summed E-state index contributed by atoms with van der Waals surface area (Å²) in [7, 11) is 0. The summed E-state index contributed by atoms with van der Waals surface area (Å²) in [4.78, 5) is 12.0. The van der Waals surface area contributed by atoms with Crippen LogP contribution < -0.4 is 5.32 Å². The summed E-state index contributed by atoms with van der Waals surface area (Å²) in [5, 5.41) is 4.83. The number of ether oxygens (including phenoxy) is 1. The fourth-order valence-electron chi connectivity index (χ4n) is 3.81. The van der Waals surface area contributed by atoms with Gasteiger partial charge in [-0.1, -0.05) is 12.8 Å². The molecule has 0 aromatic carbocycles. The standard InChI is InChI=1S/C18H25N3OS/c1-12-20-17(19-10-5-11-22-13-6-2-3-7-13)16-14-8-4-9-15(14)23-18(16)21-12/h13H,2-11H2,1H3,(H,19,20,21). The molecule has 124 valence electrons. The number of nitrogens with one attached hydrogen (secondary N) is 1. The van der Waals surface area contributed by atoms with E-state index in [9.17, 15) is 0 Å². The van der Waals surface area contributed by atoms with Gasteiger partial charge < -0.3 is 10.1 Å². The lowest BCUT2D eigenvalue weighted by Crippen LogP contribution is -2.12. The highest BCUT2D eigenvalue weighted by Crippen LogP contribution is 2.39. The second-order valence-corrected chi connectivity index (χ2v) is 7.80. The van der Waals surface area contributed by atoms with Gasteiger partial charge in [0.1, 0.15) is 16.5 Å². The van der Waals surface area contributed by atoms with Crippen molar-refractivity contribution >= 4 is 27.4 Å². The number of thiophene rings is 1. The van der Waals surface area contributed by atoms with Gasteiger partial charge in [0.25, 0.3) is 0 Å². The fourth-order valence-corrected chi connectivity index (χ4v) is 5.12. The smallest absolute Gasteiger partial charge is 0.138 e. The summed E-state index contributed by atoms with van der Waals surface area (Å²) in [6, 6.07) is 0. The average molecular weight is 331 g/mol. The molecule has 1 saturated carbocycles. The molecule has 0 atom stereocenters. The molecule has 2 aromatic rings. The molecule has 0 amide bonds. The van der Waals surface area contributed by atoms with E-state index in [2.05, 4.69) is 15.3 Å². The van der Waals surface area contributed by atoms with Gasteiger partial charge in [-0.15, -0.1) is 11.3 Å². The Labute approximate surface area is 141 Å². The summed E-state index contributed by atoms with van der Waals surface area (Å²) < 4.78 is 5.94.